The molecule has 1 aliphatic heterocycles. The van der Waals surface area contributed by atoms with Crippen LogP contribution in [0, 0.1) is 0 Å². The summed E-state index contributed by atoms with van der Waals surface area (Å²) in [6, 6.07) is 18.5. The second kappa shape index (κ2) is 4.88. The van der Waals surface area contributed by atoms with Gasteiger partial charge in [0.05, 0.1) is 12.0 Å². The smallest absolute Gasteiger partial charge is 0.170 e. The Morgan fingerprint density at radius 1 is 1.00 bits per heavy atom. The van der Waals surface area contributed by atoms with Crippen LogP contribution in [0.2, 0.25) is 0 Å². The van der Waals surface area contributed by atoms with Gasteiger partial charge in [0.1, 0.15) is 17.6 Å². The molecular formula is C19H14O3. The normalized spacial score (nSPS) is 17.1. The number of hydrogen-bond acceptors (Lipinski definition) is 3. The molecule has 0 aromatic heterocycles. The highest BCUT2D eigenvalue weighted by Crippen LogP contribution is 2.40. The maximum absolute atomic E-state index is 12.5. The van der Waals surface area contributed by atoms with Crippen LogP contribution in [0.3, 0.4) is 0 Å². The molecule has 108 valence electrons. The van der Waals surface area contributed by atoms with E-state index in [1.165, 1.54) is 0 Å². The van der Waals surface area contributed by atoms with Crippen LogP contribution < -0.4 is 4.74 Å². The molecule has 0 radical (unpaired) electrons. The van der Waals surface area contributed by atoms with E-state index in [9.17, 15) is 9.90 Å². The first-order chi connectivity index (χ1) is 10.7. The summed E-state index contributed by atoms with van der Waals surface area (Å²) >= 11 is 0. The summed E-state index contributed by atoms with van der Waals surface area (Å²) in [5.41, 5.74) is 1.45. The van der Waals surface area contributed by atoms with Gasteiger partial charge < -0.3 is 9.84 Å². The summed E-state index contributed by atoms with van der Waals surface area (Å²) in [4.78, 5) is 12.5. The number of ketones is 1. The zero-order chi connectivity index (χ0) is 15.1. The minimum Gasteiger partial charge on any atom is -0.508 e. The fourth-order valence-electron chi connectivity index (χ4n) is 2.96. The lowest BCUT2D eigenvalue weighted by Crippen LogP contribution is -2.20. The summed E-state index contributed by atoms with van der Waals surface area (Å²) in [5.74, 6) is 0.889. The lowest BCUT2D eigenvalue weighted by molar-refractivity contribution is 0.0853. The van der Waals surface area contributed by atoms with Gasteiger partial charge in [-0.25, -0.2) is 0 Å². The summed E-state index contributed by atoms with van der Waals surface area (Å²) in [5, 5.41) is 11.6. The fraction of sp³-hybridized carbons (Fsp3) is 0.105. The molecule has 3 aromatic carbocycles. The summed E-state index contributed by atoms with van der Waals surface area (Å²) in [7, 11) is 0. The van der Waals surface area contributed by atoms with Crippen molar-refractivity contribution in [3.63, 3.8) is 0 Å². The van der Waals surface area contributed by atoms with E-state index >= 15 is 0 Å². The average molecular weight is 290 g/mol. The molecule has 1 atom stereocenters. The van der Waals surface area contributed by atoms with E-state index in [0.29, 0.717) is 11.3 Å². The number of rotatable bonds is 1. The number of Topliss-reactive ketones (excluding diaryl/α,β-unsaturated/α-hetero) is 1. The summed E-state index contributed by atoms with van der Waals surface area (Å²) in [6.45, 7) is 0. The molecular weight excluding hydrogens is 276 g/mol. The molecule has 0 saturated carbocycles. The van der Waals surface area contributed by atoms with Crippen molar-refractivity contribution in [2.24, 2.45) is 0 Å². The van der Waals surface area contributed by atoms with Crippen LogP contribution in [-0.2, 0) is 0 Å². The number of carbonyl (C=O) groups is 1. The highest BCUT2D eigenvalue weighted by Gasteiger charge is 2.29. The number of carbonyl (C=O) groups excluding carboxylic acids is 1. The Kier molecular flexibility index (Phi) is 2.86. The molecule has 0 spiro atoms. The maximum atomic E-state index is 12.5. The molecule has 1 aliphatic rings. The molecule has 0 aliphatic carbocycles. The largest absolute Gasteiger partial charge is 0.508 e. The third kappa shape index (κ3) is 2.02. The quantitative estimate of drug-likeness (QED) is 0.728. The lowest BCUT2D eigenvalue weighted by atomic mass is 9.94. The molecule has 0 fully saturated rings. The molecule has 1 N–H and O–H groups in total. The Morgan fingerprint density at radius 2 is 1.86 bits per heavy atom. The van der Waals surface area contributed by atoms with Gasteiger partial charge in [0.2, 0.25) is 0 Å². The highest BCUT2D eigenvalue weighted by atomic mass is 16.5. The average Bonchev–Trinajstić information content (AvgIpc) is 2.54. The second-order valence-corrected chi connectivity index (χ2v) is 5.49. The Bertz CT molecular complexity index is 883. The van der Waals surface area contributed by atoms with Crippen molar-refractivity contribution < 1.29 is 14.6 Å². The van der Waals surface area contributed by atoms with Crippen molar-refractivity contribution in [3.8, 4) is 11.5 Å². The zero-order valence-electron chi connectivity index (χ0n) is 11.8. The van der Waals surface area contributed by atoms with Gasteiger partial charge in [-0.1, -0.05) is 42.5 Å². The van der Waals surface area contributed by atoms with Crippen LogP contribution in [0.1, 0.15) is 28.4 Å². The Hall–Kier alpha value is -2.81. The molecule has 0 saturated heterocycles. The first-order valence-electron chi connectivity index (χ1n) is 7.23. The van der Waals surface area contributed by atoms with Gasteiger partial charge >= 0.3 is 0 Å². The number of fused-ring (bicyclic) bond motifs is 3. The van der Waals surface area contributed by atoms with E-state index in [1.54, 1.807) is 18.2 Å². The molecule has 1 unspecified atom stereocenters. The van der Waals surface area contributed by atoms with Crippen molar-refractivity contribution in [3.05, 3.63) is 71.8 Å². The second-order valence-electron chi connectivity index (χ2n) is 5.49. The molecule has 0 amide bonds. The predicted octanol–water partition coefficient (Wildman–Crippen LogP) is 4.25. The Morgan fingerprint density at radius 3 is 2.73 bits per heavy atom. The van der Waals surface area contributed by atoms with E-state index in [2.05, 4.69) is 0 Å². The minimum absolute atomic E-state index is 0.0698. The molecule has 3 aromatic rings. The number of phenolic OH excluding ortho intramolecular Hbond substituents is 1. The van der Waals surface area contributed by atoms with Gasteiger partial charge in [-0.2, -0.15) is 0 Å². The van der Waals surface area contributed by atoms with Crippen molar-refractivity contribution in [1.82, 2.24) is 0 Å². The maximum Gasteiger partial charge on any atom is 0.170 e. The van der Waals surface area contributed by atoms with Gasteiger partial charge in [-0.05, 0) is 29.1 Å². The molecule has 3 heteroatoms. The molecule has 0 bridgehead atoms. The van der Waals surface area contributed by atoms with Crippen molar-refractivity contribution in [1.29, 1.82) is 0 Å². The summed E-state index contributed by atoms with van der Waals surface area (Å²) < 4.78 is 6.12. The number of phenols is 1. The molecule has 4 rings (SSSR count). The minimum atomic E-state index is -0.363. The lowest BCUT2D eigenvalue weighted by Gasteiger charge is -2.26. The SMILES string of the molecule is O=C1CC(c2cccc(O)c2)Oc2c1ccc1ccccc21. The van der Waals surface area contributed by atoms with E-state index in [0.717, 1.165) is 16.3 Å². The van der Waals surface area contributed by atoms with Crippen LogP contribution in [0.25, 0.3) is 10.8 Å². The van der Waals surface area contributed by atoms with Gasteiger partial charge in [-0.3, -0.25) is 4.79 Å². The van der Waals surface area contributed by atoms with E-state index in [1.807, 2.05) is 42.5 Å². The van der Waals surface area contributed by atoms with Crippen LogP contribution >= 0.6 is 0 Å². The van der Waals surface area contributed by atoms with Gasteiger partial charge in [0.15, 0.2) is 5.78 Å². The van der Waals surface area contributed by atoms with Gasteiger partial charge in [-0.15, -0.1) is 0 Å². The Balaban J connectivity index is 1.85. The molecule has 22 heavy (non-hydrogen) atoms. The highest BCUT2D eigenvalue weighted by molar-refractivity contribution is 6.06. The number of aromatic hydroxyl groups is 1. The first-order valence-corrected chi connectivity index (χ1v) is 7.23. The summed E-state index contributed by atoms with van der Waals surface area (Å²) in [6.07, 6.45) is -0.0765. The van der Waals surface area contributed by atoms with Crippen LogP contribution in [0.4, 0.5) is 0 Å². The van der Waals surface area contributed by atoms with E-state index < -0.39 is 0 Å². The van der Waals surface area contributed by atoms with E-state index in [-0.39, 0.29) is 24.1 Å². The van der Waals surface area contributed by atoms with Crippen molar-refractivity contribution in [2.45, 2.75) is 12.5 Å². The van der Waals surface area contributed by atoms with Gasteiger partial charge in [0.25, 0.3) is 0 Å². The van der Waals surface area contributed by atoms with Crippen molar-refractivity contribution in [2.75, 3.05) is 0 Å². The standard InChI is InChI=1S/C19H14O3/c20-14-6-3-5-13(10-14)18-11-17(21)16-9-8-12-4-1-2-7-15(12)19(16)22-18/h1-10,18,20H,11H2. The van der Waals surface area contributed by atoms with Gasteiger partial charge in [0, 0.05) is 5.39 Å². The van der Waals surface area contributed by atoms with E-state index in [4.69, 9.17) is 4.74 Å². The fourth-order valence-corrected chi connectivity index (χ4v) is 2.96. The number of ether oxygens (including phenoxy) is 1. The number of hydrogen-bond donors (Lipinski definition) is 1. The monoisotopic (exact) mass is 290 g/mol. The van der Waals surface area contributed by atoms with Crippen LogP contribution in [0.5, 0.6) is 11.5 Å². The topological polar surface area (TPSA) is 46.5 Å². The number of benzene rings is 3. The molecule has 1 heterocycles. The first kappa shape index (κ1) is 12.9. The third-order valence-corrected chi connectivity index (χ3v) is 4.05. The van der Waals surface area contributed by atoms with Crippen LogP contribution in [0.15, 0.2) is 60.7 Å². The Labute approximate surface area is 127 Å². The predicted molar refractivity (Wildman–Crippen MR) is 84.4 cm³/mol. The van der Waals surface area contributed by atoms with Crippen molar-refractivity contribution >= 4 is 16.6 Å². The molecule has 3 nitrogen and oxygen atoms in total. The third-order valence-electron chi connectivity index (χ3n) is 4.05. The zero-order valence-corrected chi connectivity index (χ0v) is 11.8. The van der Waals surface area contributed by atoms with Crippen LogP contribution in [-0.4, -0.2) is 10.9 Å².